The van der Waals surface area contributed by atoms with E-state index >= 15 is 0 Å². The van der Waals surface area contributed by atoms with E-state index in [2.05, 4.69) is 0 Å². The zero-order valence-corrected chi connectivity index (χ0v) is 31.3. The average Bonchev–Trinajstić information content (AvgIpc) is 3.22. The van der Waals surface area contributed by atoms with Crippen molar-refractivity contribution in [2.45, 2.75) is 98.5 Å². The molecule has 0 aliphatic carbocycles. The zero-order valence-electron chi connectivity index (χ0n) is 31.3. The summed E-state index contributed by atoms with van der Waals surface area (Å²) < 4.78 is 51.4. The highest BCUT2D eigenvalue weighted by Crippen LogP contribution is 2.36. The van der Waals surface area contributed by atoms with Crippen LogP contribution in [0.15, 0.2) is 42.5 Å². The number of hydrogen-bond donors (Lipinski definition) is 11. The molecule has 5 rings (SSSR count). The summed E-state index contributed by atoms with van der Waals surface area (Å²) in [5.74, 6) is -1.07. The first-order valence-electron chi connectivity index (χ1n) is 18.2. The fraction of sp³-hybridized carbons (Fsp3) is 0.595. The first-order chi connectivity index (χ1) is 27.7. The van der Waals surface area contributed by atoms with Crippen LogP contribution in [0, 0.1) is 0 Å². The maximum Gasteiger partial charge on any atom is 0.331 e. The van der Waals surface area contributed by atoms with Gasteiger partial charge in [0.15, 0.2) is 48.0 Å². The van der Waals surface area contributed by atoms with Gasteiger partial charge in [0, 0.05) is 6.08 Å². The Hall–Kier alpha value is -3.75. The number of phenolic OH excluding ortho intramolecular Hbond substituents is 2. The van der Waals surface area contributed by atoms with Crippen LogP contribution in [0.4, 0.5) is 0 Å². The van der Waals surface area contributed by atoms with E-state index in [9.17, 15) is 61.0 Å². The van der Waals surface area contributed by atoms with E-state index < -0.39 is 118 Å². The predicted molar refractivity (Wildman–Crippen MR) is 191 cm³/mol. The highest BCUT2D eigenvalue weighted by atomic mass is 16.8. The van der Waals surface area contributed by atoms with Crippen LogP contribution in [0.25, 0.3) is 6.08 Å². The molecule has 11 N–H and O–H groups in total. The van der Waals surface area contributed by atoms with Gasteiger partial charge in [-0.15, -0.1) is 0 Å². The third-order valence-corrected chi connectivity index (χ3v) is 9.83. The van der Waals surface area contributed by atoms with Crippen LogP contribution >= 0.6 is 0 Å². The first kappa shape index (κ1) is 45.3. The summed E-state index contributed by atoms with van der Waals surface area (Å²) in [6.45, 7) is -2.75. The minimum atomic E-state index is -2.01. The molecule has 0 bridgehead atoms. The molecule has 0 amide bonds. The summed E-state index contributed by atoms with van der Waals surface area (Å²) in [5.41, 5.74) is 0.958. The Morgan fingerprint density at radius 3 is 1.76 bits per heavy atom. The molecule has 21 heteroatoms. The number of phenols is 2. The van der Waals surface area contributed by atoms with E-state index in [0.717, 1.165) is 6.08 Å². The second kappa shape index (κ2) is 20.5. The lowest BCUT2D eigenvalue weighted by atomic mass is 9.95. The summed E-state index contributed by atoms with van der Waals surface area (Å²) in [4.78, 5) is 13.4. The maximum absolute atomic E-state index is 13.4. The van der Waals surface area contributed by atoms with Gasteiger partial charge >= 0.3 is 5.97 Å². The summed E-state index contributed by atoms with van der Waals surface area (Å²) >= 11 is 0. The molecule has 0 radical (unpaired) electrons. The van der Waals surface area contributed by atoms with E-state index in [0.29, 0.717) is 11.1 Å². The fourth-order valence-corrected chi connectivity index (χ4v) is 6.59. The van der Waals surface area contributed by atoms with Crippen molar-refractivity contribution >= 4 is 12.0 Å². The van der Waals surface area contributed by atoms with Crippen molar-refractivity contribution in [3.05, 3.63) is 53.6 Å². The van der Waals surface area contributed by atoms with E-state index in [4.69, 9.17) is 42.6 Å². The molecule has 3 aliphatic rings. The lowest BCUT2D eigenvalue weighted by Gasteiger charge is -2.49. The van der Waals surface area contributed by atoms with Gasteiger partial charge in [-0.3, -0.25) is 0 Å². The van der Waals surface area contributed by atoms with Crippen LogP contribution in [0.5, 0.6) is 23.0 Å². The highest BCUT2D eigenvalue weighted by Gasteiger charge is 2.56. The number of esters is 1. The molecule has 15 atom stereocenters. The molecule has 2 aromatic carbocycles. The molecule has 3 aliphatic heterocycles. The number of methoxy groups -OCH3 is 2. The molecular weight excluding hydrogens is 780 g/mol. The van der Waals surface area contributed by atoms with Gasteiger partial charge in [0.2, 0.25) is 0 Å². The van der Waals surface area contributed by atoms with Crippen LogP contribution < -0.4 is 9.47 Å². The SMILES string of the molecule is COc1ccc(CCOC2OC(CO)C(OC(=O)C=Cc3ccc(O)c(OC)c3)C(OC3OC(CO)C(O)C(O)C3O)C2OC2OC(CO)C(O)C(O)C2O)cc1O. The molecule has 15 unspecified atom stereocenters. The standard InChI is InChI=1S/C37H50O21/c1-50-20-7-4-17(11-19(20)42)9-10-52-37-34(58-36-31(49)29(47)27(45)23(14-39)54-36)33(57-35-30(48)28(46)26(44)22(13-38)53-35)32(24(15-40)55-37)56-25(43)8-5-16-3-6-18(41)21(12-16)51-2/h3-8,11-12,22-24,26-42,44-49H,9-10,13-15H2,1-2H3. The van der Waals surface area contributed by atoms with Crippen molar-refractivity contribution < 1.29 is 104 Å². The highest BCUT2D eigenvalue weighted by molar-refractivity contribution is 5.87. The largest absolute Gasteiger partial charge is 0.504 e. The molecule has 0 saturated carbocycles. The normalized spacial score (nSPS) is 35.5. The molecule has 2 aromatic rings. The zero-order chi connectivity index (χ0) is 42.3. The molecule has 3 fully saturated rings. The minimum absolute atomic E-state index is 0.104. The smallest absolute Gasteiger partial charge is 0.331 e. The van der Waals surface area contributed by atoms with E-state index in [1.54, 1.807) is 6.07 Å². The van der Waals surface area contributed by atoms with Crippen molar-refractivity contribution in [2.75, 3.05) is 40.6 Å². The predicted octanol–water partition coefficient (Wildman–Crippen LogP) is -3.61. The van der Waals surface area contributed by atoms with E-state index in [-0.39, 0.29) is 36.0 Å². The first-order valence-corrected chi connectivity index (χ1v) is 18.2. The monoisotopic (exact) mass is 830 g/mol. The van der Waals surface area contributed by atoms with Gasteiger partial charge in [0.1, 0.15) is 67.1 Å². The number of carbonyl (C=O) groups is 1. The lowest BCUT2D eigenvalue weighted by molar-refractivity contribution is -0.391. The van der Waals surface area contributed by atoms with E-state index in [1.807, 2.05) is 0 Å². The number of ether oxygens (including phenoxy) is 9. The van der Waals surface area contributed by atoms with Crippen molar-refractivity contribution in [3.8, 4) is 23.0 Å². The molecule has 3 saturated heterocycles. The third-order valence-electron chi connectivity index (χ3n) is 9.83. The van der Waals surface area contributed by atoms with Crippen molar-refractivity contribution in [1.29, 1.82) is 0 Å². The third kappa shape index (κ3) is 10.3. The summed E-state index contributed by atoms with van der Waals surface area (Å²) in [5, 5.41) is 114. The van der Waals surface area contributed by atoms with Crippen LogP contribution in [0.1, 0.15) is 11.1 Å². The van der Waals surface area contributed by atoms with Crippen LogP contribution in [0.3, 0.4) is 0 Å². The van der Waals surface area contributed by atoms with Gasteiger partial charge in [0.25, 0.3) is 0 Å². The number of carbonyl (C=O) groups excluding carboxylic acids is 1. The number of aromatic hydroxyl groups is 2. The summed E-state index contributed by atoms with van der Waals surface area (Å²) in [6, 6.07) is 8.79. The van der Waals surface area contributed by atoms with Gasteiger partial charge in [-0.2, -0.15) is 0 Å². The Morgan fingerprint density at radius 2 is 1.21 bits per heavy atom. The maximum atomic E-state index is 13.4. The Balaban J connectivity index is 1.51. The summed E-state index contributed by atoms with van der Waals surface area (Å²) in [7, 11) is 2.70. The summed E-state index contributed by atoms with van der Waals surface area (Å²) in [6.07, 6.45) is -24.2. The van der Waals surface area contributed by atoms with Crippen molar-refractivity contribution in [1.82, 2.24) is 0 Å². The van der Waals surface area contributed by atoms with Gasteiger partial charge in [-0.25, -0.2) is 4.79 Å². The van der Waals surface area contributed by atoms with Crippen LogP contribution in [0.2, 0.25) is 0 Å². The molecule has 324 valence electrons. The second-order valence-electron chi connectivity index (χ2n) is 13.6. The number of rotatable bonds is 16. The lowest BCUT2D eigenvalue weighted by Crippen LogP contribution is -2.67. The van der Waals surface area contributed by atoms with Gasteiger partial charge in [-0.1, -0.05) is 12.1 Å². The Bertz CT molecular complexity index is 1660. The fourth-order valence-electron chi connectivity index (χ4n) is 6.59. The topological polar surface area (TPSA) is 323 Å². The van der Waals surface area contributed by atoms with Gasteiger partial charge in [-0.05, 0) is 47.9 Å². The molecule has 0 aromatic heterocycles. The molecule has 58 heavy (non-hydrogen) atoms. The Labute approximate surface area is 331 Å². The molecule has 21 nitrogen and oxygen atoms in total. The Kier molecular flexibility index (Phi) is 16.0. The minimum Gasteiger partial charge on any atom is -0.504 e. The number of benzene rings is 2. The van der Waals surface area contributed by atoms with Crippen LogP contribution in [-0.2, 0) is 44.4 Å². The van der Waals surface area contributed by atoms with Crippen molar-refractivity contribution in [2.24, 2.45) is 0 Å². The average molecular weight is 831 g/mol. The molecule has 3 heterocycles. The van der Waals surface area contributed by atoms with E-state index in [1.165, 1.54) is 50.6 Å². The van der Waals surface area contributed by atoms with Crippen molar-refractivity contribution in [3.63, 3.8) is 0 Å². The Morgan fingerprint density at radius 1 is 0.638 bits per heavy atom. The quantitative estimate of drug-likeness (QED) is 0.0575. The van der Waals surface area contributed by atoms with Gasteiger partial charge < -0.3 is 98.8 Å². The number of aliphatic hydroxyl groups excluding tert-OH is 9. The van der Waals surface area contributed by atoms with Crippen LogP contribution in [-0.4, -0.2) is 195 Å². The molecular formula is C37H50O21. The van der Waals surface area contributed by atoms with Gasteiger partial charge in [0.05, 0.1) is 40.6 Å². The number of hydrogen-bond acceptors (Lipinski definition) is 21. The molecule has 0 spiro atoms. The second-order valence-corrected chi connectivity index (χ2v) is 13.6. The number of aliphatic hydroxyl groups is 9.